The summed E-state index contributed by atoms with van der Waals surface area (Å²) >= 11 is 0. The first kappa shape index (κ1) is 12.1. The van der Waals surface area contributed by atoms with E-state index in [1.807, 2.05) is 0 Å². The van der Waals surface area contributed by atoms with Crippen LogP contribution in [0.4, 0.5) is 10.1 Å². The Labute approximate surface area is 113 Å². The molecule has 0 bridgehead atoms. The Bertz CT molecular complexity index is 823. The summed E-state index contributed by atoms with van der Waals surface area (Å²) in [6, 6.07) is 11.1. The van der Waals surface area contributed by atoms with E-state index >= 15 is 0 Å². The maximum atomic E-state index is 12.9. The molecular weight excluding hydrogens is 257 g/mol. The van der Waals surface area contributed by atoms with Gasteiger partial charge in [-0.15, -0.1) is 0 Å². The molecule has 3 rings (SSSR count). The Balaban J connectivity index is 2.09. The van der Waals surface area contributed by atoms with Gasteiger partial charge in [0.1, 0.15) is 5.82 Å². The number of rotatable bonds is 2. The maximum absolute atomic E-state index is 12.9. The van der Waals surface area contributed by atoms with Gasteiger partial charge in [-0.05, 0) is 41.9 Å². The van der Waals surface area contributed by atoms with Crippen LogP contribution in [-0.2, 0) is 0 Å². The Morgan fingerprint density at radius 2 is 1.85 bits per heavy atom. The molecule has 0 saturated carbocycles. The quantitative estimate of drug-likeness (QED) is 0.391. The highest BCUT2D eigenvalue weighted by molar-refractivity contribution is 5.79. The molecular formula is C14H8FN5. The first-order valence-electron chi connectivity index (χ1n) is 5.84. The zero-order chi connectivity index (χ0) is 13.9. The van der Waals surface area contributed by atoms with Crippen molar-refractivity contribution in [3.8, 4) is 11.3 Å². The lowest BCUT2D eigenvalue weighted by atomic mass is 10.1. The molecule has 2 aromatic carbocycles. The van der Waals surface area contributed by atoms with Gasteiger partial charge in [0.05, 0.1) is 22.9 Å². The number of benzene rings is 2. The fourth-order valence-corrected chi connectivity index (χ4v) is 1.87. The van der Waals surface area contributed by atoms with E-state index in [9.17, 15) is 4.39 Å². The van der Waals surface area contributed by atoms with E-state index < -0.39 is 0 Å². The van der Waals surface area contributed by atoms with E-state index in [0.29, 0.717) is 22.4 Å². The van der Waals surface area contributed by atoms with Crippen molar-refractivity contribution in [3.05, 3.63) is 64.9 Å². The van der Waals surface area contributed by atoms with Crippen molar-refractivity contribution in [2.24, 2.45) is 5.11 Å². The van der Waals surface area contributed by atoms with Crippen LogP contribution in [0.5, 0.6) is 0 Å². The number of fused-ring (bicyclic) bond motifs is 1. The summed E-state index contributed by atoms with van der Waals surface area (Å²) in [5, 5.41) is 3.52. The van der Waals surface area contributed by atoms with Gasteiger partial charge in [-0.2, -0.15) is 0 Å². The topological polar surface area (TPSA) is 74.5 Å². The summed E-state index contributed by atoms with van der Waals surface area (Å²) in [6.45, 7) is 0. The van der Waals surface area contributed by atoms with E-state index in [1.165, 1.54) is 12.1 Å². The maximum Gasteiger partial charge on any atom is 0.123 e. The largest absolute Gasteiger partial charge is 0.252 e. The normalized spacial score (nSPS) is 10.2. The van der Waals surface area contributed by atoms with Gasteiger partial charge >= 0.3 is 0 Å². The molecule has 6 heteroatoms. The highest BCUT2D eigenvalue weighted by atomic mass is 19.1. The van der Waals surface area contributed by atoms with Gasteiger partial charge in [0, 0.05) is 16.2 Å². The molecule has 5 nitrogen and oxygen atoms in total. The molecule has 0 amide bonds. The molecule has 20 heavy (non-hydrogen) atoms. The highest BCUT2D eigenvalue weighted by Gasteiger charge is 2.03. The molecule has 0 atom stereocenters. The van der Waals surface area contributed by atoms with Crippen LogP contribution in [0.15, 0.2) is 53.8 Å². The molecule has 0 saturated heterocycles. The van der Waals surface area contributed by atoms with Crippen LogP contribution in [0.25, 0.3) is 32.7 Å². The van der Waals surface area contributed by atoms with Crippen LogP contribution in [0, 0.1) is 5.82 Å². The number of hydrogen-bond acceptors (Lipinski definition) is 3. The molecule has 0 aliphatic carbocycles. The molecule has 0 unspecified atom stereocenters. The second kappa shape index (κ2) is 4.95. The number of halogens is 1. The Kier molecular flexibility index (Phi) is 2.99. The fraction of sp³-hybridized carbons (Fsp3) is 0. The summed E-state index contributed by atoms with van der Waals surface area (Å²) in [6.07, 6.45) is 1.61. The van der Waals surface area contributed by atoms with Crippen molar-refractivity contribution < 1.29 is 4.39 Å². The number of azide groups is 1. The first-order chi connectivity index (χ1) is 9.76. The van der Waals surface area contributed by atoms with Crippen molar-refractivity contribution >= 4 is 16.7 Å². The average Bonchev–Trinajstić information content (AvgIpc) is 2.48. The molecule has 96 valence electrons. The van der Waals surface area contributed by atoms with Gasteiger partial charge in [-0.1, -0.05) is 11.2 Å². The summed E-state index contributed by atoms with van der Waals surface area (Å²) in [5.41, 5.74) is 11.7. The van der Waals surface area contributed by atoms with Crippen LogP contribution in [0.2, 0.25) is 0 Å². The third-order valence-corrected chi connectivity index (χ3v) is 2.83. The molecule has 0 N–H and O–H groups in total. The predicted octanol–water partition coefficient (Wildman–Crippen LogP) is 4.38. The summed E-state index contributed by atoms with van der Waals surface area (Å²) in [7, 11) is 0. The molecule has 3 aromatic rings. The minimum absolute atomic E-state index is 0.290. The Hall–Kier alpha value is -2.98. The second-order valence-corrected chi connectivity index (χ2v) is 4.12. The molecule has 0 radical (unpaired) electrons. The summed E-state index contributed by atoms with van der Waals surface area (Å²) < 4.78 is 12.9. The Morgan fingerprint density at radius 1 is 1.05 bits per heavy atom. The van der Waals surface area contributed by atoms with Crippen molar-refractivity contribution in [1.29, 1.82) is 0 Å². The number of hydrogen-bond donors (Lipinski definition) is 0. The lowest BCUT2D eigenvalue weighted by Gasteiger charge is -2.03. The Morgan fingerprint density at radius 3 is 2.60 bits per heavy atom. The standard InChI is InChI=1S/C14H8FN5/c15-10-3-1-9(2-4-10)14-8-17-13-7-11(19-20-16)5-6-12(13)18-14/h1-8H. The monoisotopic (exact) mass is 265 g/mol. The minimum Gasteiger partial charge on any atom is -0.252 e. The summed E-state index contributed by atoms with van der Waals surface area (Å²) in [4.78, 5) is 11.5. The van der Waals surface area contributed by atoms with Crippen molar-refractivity contribution in [2.75, 3.05) is 0 Å². The molecule has 0 fully saturated rings. The van der Waals surface area contributed by atoms with Crippen molar-refractivity contribution in [2.45, 2.75) is 0 Å². The zero-order valence-corrected chi connectivity index (χ0v) is 10.2. The van der Waals surface area contributed by atoms with E-state index in [2.05, 4.69) is 20.0 Å². The third kappa shape index (κ3) is 2.28. The van der Waals surface area contributed by atoms with E-state index in [4.69, 9.17) is 5.53 Å². The van der Waals surface area contributed by atoms with Gasteiger partial charge in [-0.25, -0.2) is 9.37 Å². The van der Waals surface area contributed by atoms with Gasteiger partial charge < -0.3 is 0 Å². The van der Waals surface area contributed by atoms with E-state index in [0.717, 1.165) is 5.56 Å². The van der Waals surface area contributed by atoms with Gasteiger partial charge in [-0.3, -0.25) is 4.98 Å². The first-order valence-corrected chi connectivity index (χ1v) is 5.84. The van der Waals surface area contributed by atoms with E-state index in [1.54, 1.807) is 36.5 Å². The van der Waals surface area contributed by atoms with Crippen LogP contribution in [0.3, 0.4) is 0 Å². The van der Waals surface area contributed by atoms with E-state index in [-0.39, 0.29) is 5.82 Å². The molecule has 0 aliphatic rings. The van der Waals surface area contributed by atoms with Crippen LogP contribution < -0.4 is 0 Å². The van der Waals surface area contributed by atoms with Gasteiger partial charge in [0.25, 0.3) is 0 Å². The highest BCUT2D eigenvalue weighted by Crippen LogP contribution is 2.22. The number of nitrogens with zero attached hydrogens (tertiary/aromatic N) is 5. The van der Waals surface area contributed by atoms with Crippen LogP contribution in [-0.4, -0.2) is 9.97 Å². The second-order valence-electron chi connectivity index (χ2n) is 4.12. The molecule has 0 spiro atoms. The van der Waals surface area contributed by atoms with Crippen molar-refractivity contribution in [1.82, 2.24) is 9.97 Å². The SMILES string of the molecule is [N-]=[N+]=Nc1ccc2nc(-c3ccc(F)cc3)cnc2c1. The predicted molar refractivity (Wildman–Crippen MR) is 73.7 cm³/mol. The van der Waals surface area contributed by atoms with Crippen molar-refractivity contribution in [3.63, 3.8) is 0 Å². The zero-order valence-electron chi connectivity index (χ0n) is 10.2. The minimum atomic E-state index is -0.290. The van der Waals surface area contributed by atoms with Crippen LogP contribution >= 0.6 is 0 Å². The molecule has 1 heterocycles. The van der Waals surface area contributed by atoms with Gasteiger partial charge in [0.2, 0.25) is 0 Å². The van der Waals surface area contributed by atoms with Crippen LogP contribution in [0.1, 0.15) is 0 Å². The lowest BCUT2D eigenvalue weighted by molar-refractivity contribution is 0.628. The van der Waals surface area contributed by atoms with Gasteiger partial charge in [0.15, 0.2) is 0 Å². The molecule has 1 aromatic heterocycles. The third-order valence-electron chi connectivity index (χ3n) is 2.83. The molecule has 0 aliphatic heterocycles. The lowest BCUT2D eigenvalue weighted by Crippen LogP contribution is -1.88. The summed E-state index contributed by atoms with van der Waals surface area (Å²) in [5.74, 6) is -0.290. The fourth-order valence-electron chi connectivity index (χ4n) is 1.87. The average molecular weight is 265 g/mol. The smallest absolute Gasteiger partial charge is 0.123 e. The number of aromatic nitrogens is 2.